The second-order valence-corrected chi connectivity index (χ2v) is 13.8. The summed E-state index contributed by atoms with van der Waals surface area (Å²) in [7, 11) is -3.99. The maximum absolute atomic E-state index is 6.27. The summed E-state index contributed by atoms with van der Waals surface area (Å²) < 4.78 is 18.6. The van der Waals surface area contributed by atoms with E-state index in [0.29, 0.717) is 6.61 Å². The van der Waals surface area contributed by atoms with Crippen molar-refractivity contribution in [2.75, 3.05) is 6.61 Å². The van der Waals surface area contributed by atoms with Crippen LogP contribution in [0.15, 0.2) is 0 Å². The second kappa shape index (κ2) is 13.9. The highest BCUT2D eigenvalue weighted by molar-refractivity contribution is 6.75. The summed E-state index contributed by atoms with van der Waals surface area (Å²) in [6.45, 7) is 13.7. The van der Waals surface area contributed by atoms with Crippen molar-refractivity contribution in [3.63, 3.8) is 0 Å². The van der Waals surface area contributed by atoms with Crippen LogP contribution in [0.2, 0.25) is 32.2 Å². The largest absolute Gasteiger partial charge is 0.479 e. The second-order valence-electron chi connectivity index (χ2n) is 6.36. The summed E-state index contributed by atoms with van der Waals surface area (Å²) in [5.74, 6) is 0. The van der Waals surface area contributed by atoms with Gasteiger partial charge in [0.25, 0.3) is 0 Å². The Morgan fingerprint density at radius 3 is 1.55 bits per heavy atom. The van der Waals surface area contributed by atoms with Crippen LogP contribution in [0.5, 0.6) is 0 Å². The molecule has 0 amide bonds. The third-order valence-electron chi connectivity index (χ3n) is 3.42. The first-order valence-electron chi connectivity index (χ1n) is 9.08. The molecular formula is C16H38O3Si3. The van der Waals surface area contributed by atoms with Gasteiger partial charge in [0.2, 0.25) is 0 Å². The molecule has 0 aromatic carbocycles. The van der Waals surface area contributed by atoms with Crippen molar-refractivity contribution < 1.29 is 12.7 Å². The lowest BCUT2D eigenvalue weighted by Crippen LogP contribution is -2.51. The smallest absolute Gasteiger partial charge is 0.416 e. The van der Waals surface area contributed by atoms with Crippen LogP contribution in [0.4, 0.5) is 0 Å². The van der Waals surface area contributed by atoms with E-state index in [9.17, 15) is 0 Å². The van der Waals surface area contributed by atoms with Crippen LogP contribution >= 0.6 is 0 Å². The van der Waals surface area contributed by atoms with Crippen molar-refractivity contribution in [3.05, 3.63) is 0 Å². The van der Waals surface area contributed by atoms with E-state index < -0.39 is 26.9 Å². The third kappa shape index (κ3) is 12.0. The van der Waals surface area contributed by atoms with Gasteiger partial charge < -0.3 is 12.7 Å². The molecule has 0 spiro atoms. The minimum Gasteiger partial charge on any atom is -0.416 e. The van der Waals surface area contributed by atoms with Crippen LogP contribution in [0, 0.1) is 0 Å². The molecule has 0 saturated heterocycles. The first-order chi connectivity index (χ1) is 10.5. The molecule has 0 aliphatic heterocycles. The molecule has 0 heterocycles. The van der Waals surface area contributed by atoms with E-state index in [4.69, 9.17) is 12.7 Å². The number of unbranched alkanes of at least 4 members (excludes halogenated alkanes) is 7. The maximum atomic E-state index is 6.27. The van der Waals surface area contributed by atoms with Crippen LogP contribution in [0.1, 0.15) is 65.2 Å². The van der Waals surface area contributed by atoms with Crippen molar-refractivity contribution in [2.45, 2.75) is 97.4 Å². The van der Waals surface area contributed by atoms with E-state index in [0.717, 1.165) is 6.04 Å². The van der Waals surface area contributed by atoms with E-state index in [1.807, 2.05) is 0 Å². The van der Waals surface area contributed by atoms with E-state index in [-0.39, 0.29) is 0 Å². The van der Waals surface area contributed by atoms with Gasteiger partial charge in [0, 0.05) is 12.7 Å². The summed E-state index contributed by atoms with van der Waals surface area (Å²) >= 11 is 0. The Kier molecular flexibility index (Phi) is 14.3. The van der Waals surface area contributed by atoms with Crippen molar-refractivity contribution in [1.29, 1.82) is 0 Å². The third-order valence-corrected chi connectivity index (χ3v) is 10.9. The van der Waals surface area contributed by atoms with Crippen LogP contribution < -0.4 is 0 Å². The van der Waals surface area contributed by atoms with Gasteiger partial charge in [-0.15, -0.1) is 0 Å². The summed E-state index contributed by atoms with van der Waals surface area (Å²) in [6.07, 6.45) is 10.7. The van der Waals surface area contributed by atoms with Gasteiger partial charge in [-0.3, -0.25) is 0 Å². The van der Waals surface area contributed by atoms with E-state index in [1.54, 1.807) is 0 Å². The fraction of sp³-hybridized carbons (Fsp3) is 1.00. The van der Waals surface area contributed by atoms with Crippen LogP contribution in [0.3, 0.4) is 0 Å². The Morgan fingerprint density at radius 1 is 0.682 bits per heavy atom. The highest BCUT2D eigenvalue weighted by Gasteiger charge is 2.41. The molecule has 0 bridgehead atoms. The molecule has 0 atom stereocenters. The first-order valence-corrected chi connectivity index (χ1v) is 15.8. The average molecular weight is 363 g/mol. The van der Waals surface area contributed by atoms with Gasteiger partial charge in [-0.2, -0.15) is 0 Å². The first kappa shape index (κ1) is 22.5. The molecule has 0 N–H and O–H groups in total. The molecule has 0 aliphatic carbocycles. The van der Waals surface area contributed by atoms with Crippen molar-refractivity contribution >= 4 is 26.9 Å². The quantitative estimate of drug-likeness (QED) is 0.279. The average Bonchev–Trinajstić information content (AvgIpc) is 2.40. The van der Waals surface area contributed by atoms with Crippen LogP contribution in [-0.2, 0) is 12.7 Å². The summed E-state index contributed by atoms with van der Waals surface area (Å²) in [5.41, 5.74) is 0. The lowest BCUT2D eigenvalue weighted by atomic mass is 10.1. The topological polar surface area (TPSA) is 27.7 Å². The molecule has 0 aromatic rings. The minimum absolute atomic E-state index is 0.702. The molecule has 3 nitrogen and oxygen atoms in total. The molecule has 6 heteroatoms. The molecule has 0 rings (SSSR count). The highest BCUT2D eigenvalue weighted by Crippen LogP contribution is 2.22. The Bertz CT molecular complexity index is 241. The van der Waals surface area contributed by atoms with Crippen molar-refractivity contribution in [2.24, 2.45) is 0 Å². The normalized spacial score (nSPS) is 12.5. The highest BCUT2D eigenvalue weighted by atomic mass is 28.5. The standard InChI is InChI=1S/C16H38O3Si3/c1-7-9-10-11-12-13-14-15-16-22(17-8-2,18-20(3)4)19-21(5)6/h7-16H2,1-6H3. The molecule has 2 radical (unpaired) electrons. The summed E-state index contributed by atoms with van der Waals surface area (Å²) in [6, 6.07) is 1.00. The Hall–Kier alpha value is 0.531. The van der Waals surface area contributed by atoms with E-state index in [1.165, 1.54) is 51.4 Å². The van der Waals surface area contributed by atoms with Crippen molar-refractivity contribution in [1.82, 2.24) is 0 Å². The monoisotopic (exact) mass is 362 g/mol. The maximum Gasteiger partial charge on any atom is 0.479 e. The van der Waals surface area contributed by atoms with Crippen LogP contribution in [0.25, 0.3) is 0 Å². The predicted molar refractivity (Wildman–Crippen MR) is 102 cm³/mol. The fourth-order valence-corrected chi connectivity index (χ4v) is 10.6. The van der Waals surface area contributed by atoms with Gasteiger partial charge >= 0.3 is 8.80 Å². The van der Waals surface area contributed by atoms with Gasteiger partial charge in [0.15, 0.2) is 18.1 Å². The summed E-state index contributed by atoms with van der Waals surface area (Å²) in [5, 5.41) is 0. The zero-order chi connectivity index (χ0) is 16.8. The molecule has 132 valence electrons. The lowest BCUT2D eigenvalue weighted by Gasteiger charge is -2.32. The van der Waals surface area contributed by atoms with Crippen molar-refractivity contribution in [3.8, 4) is 0 Å². The van der Waals surface area contributed by atoms with Gasteiger partial charge in [-0.05, 0) is 39.5 Å². The van der Waals surface area contributed by atoms with E-state index >= 15 is 0 Å². The van der Waals surface area contributed by atoms with Gasteiger partial charge in [-0.1, -0.05) is 51.9 Å². The molecule has 0 aromatic heterocycles. The Morgan fingerprint density at radius 2 is 1.14 bits per heavy atom. The lowest BCUT2D eigenvalue weighted by molar-refractivity contribution is 0.174. The molecule has 0 unspecified atom stereocenters. The Labute approximate surface area is 144 Å². The van der Waals surface area contributed by atoms with Gasteiger partial charge in [-0.25, -0.2) is 0 Å². The number of hydrogen-bond acceptors (Lipinski definition) is 3. The number of hydrogen-bond donors (Lipinski definition) is 0. The predicted octanol–water partition coefficient (Wildman–Crippen LogP) is 5.64. The van der Waals surface area contributed by atoms with Gasteiger partial charge in [0.05, 0.1) is 0 Å². The molecule has 0 aliphatic rings. The van der Waals surface area contributed by atoms with E-state index in [2.05, 4.69) is 40.0 Å². The zero-order valence-electron chi connectivity index (χ0n) is 15.8. The summed E-state index contributed by atoms with van der Waals surface area (Å²) in [4.78, 5) is 0. The SMILES string of the molecule is CCCCCCCCCC[Si](OCC)(O[Si](C)C)O[Si](C)C. The number of rotatable bonds is 15. The zero-order valence-corrected chi connectivity index (χ0v) is 18.8. The molecule has 0 fully saturated rings. The van der Waals surface area contributed by atoms with Gasteiger partial charge in [0.1, 0.15) is 0 Å². The molecule has 22 heavy (non-hydrogen) atoms. The molecule has 0 saturated carbocycles. The fourth-order valence-electron chi connectivity index (χ4n) is 2.57. The molecular weight excluding hydrogens is 324 g/mol. The Balaban J connectivity index is 4.15. The van der Waals surface area contributed by atoms with Crippen LogP contribution in [-0.4, -0.2) is 33.5 Å². The minimum atomic E-state index is -2.41.